The summed E-state index contributed by atoms with van der Waals surface area (Å²) in [6.07, 6.45) is 9.43. The molecule has 0 aromatic rings. The van der Waals surface area contributed by atoms with Crippen molar-refractivity contribution in [1.82, 2.24) is 5.32 Å². The lowest BCUT2D eigenvalue weighted by Crippen LogP contribution is -2.45. The van der Waals surface area contributed by atoms with Gasteiger partial charge < -0.3 is 4.74 Å². The third-order valence-corrected chi connectivity index (χ3v) is 3.85. The fourth-order valence-electron chi connectivity index (χ4n) is 2.92. The predicted octanol–water partition coefficient (Wildman–Crippen LogP) is 3.79. The zero-order chi connectivity index (χ0) is 14.1. The Bertz CT molecular complexity index is 285. The molecule has 1 aliphatic rings. The highest BCUT2D eigenvalue weighted by Crippen LogP contribution is 2.32. The molecule has 3 heteroatoms. The number of rotatable bonds is 9. The van der Waals surface area contributed by atoms with Crippen molar-refractivity contribution >= 4 is 0 Å². The van der Waals surface area contributed by atoms with Crippen LogP contribution in [0.3, 0.4) is 0 Å². The molecule has 1 aliphatic carbocycles. The number of unbranched alkanes of at least 4 members (excludes halogenated alkanes) is 4. The highest BCUT2D eigenvalue weighted by Gasteiger charge is 2.40. The molecule has 0 radical (unpaired) electrons. The van der Waals surface area contributed by atoms with E-state index in [-0.39, 0.29) is 11.6 Å². The second-order valence-corrected chi connectivity index (χ2v) is 6.14. The van der Waals surface area contributed by atoms with Gasteiger partial charge in [0.2, 0.25) is 0 Å². The van der Waals surface area contributed by atoms with Gasteiger partial charge in [-0.1, -0.05) is 32.6 Å². The molecule has 1 rings (SSSR count). The summed E-state index contributed by atoms with van der Waals surface area (Å²) in [6, 6.07) is 2.82. The van der Waals surface area contributed by atoms with Crippen molar-refractivity contribution in [1.29, 1.82) is 5.26 Å². The van der Waals surface area contributed by atoms with Crippen LogP contribution in [0.4, 0.5) is 0 Å². The standard InChI is InChI=1S/C16H30N2O/c1-4-5-6-7-8-11-19-15-9-10-16(12-15,13-17)18-14(2)3/h14-15,18H,4-12H2,1-3H3. The topological polar surface area (TPSA) is 45.0 Å². The Morgan fingerprint density at radius 3 is 2.68 bits per heavy atom. The summed E-state index contributed by atoms with van der Waals surface area (Å²) in [4.78, 5) is 0. The van der Waals surface area contributed by atoms with E-state index in [1.165, 1.54) is 25.7 Å². The van der Waals surface area contributed by atoms with Gasteiger partial charge in [0, 0.05) is 19.1 Å². The molecule has 2 atom stereocenters. The first-order valence-corrected chi connectivity index (χ1v) is 7.92. The van der Waals surface area contributed by atoms with E-state index < -0.39 is 0 Å². The minimum atomic E-state index is -0.346. The first-order valence-electron chi connectivity index (χ1n) is 7.92. The smallest absolute Gasteiger partial charge is 0.109 e. The maximum atomic E-state index is 9.38. The van der Waals surface area contributed by atoms with E-state index in [9.17, 15) is 5.26 Å². The van der Waals surface area contributed by atoms with Crippen molar-refractivity contribution < 1.29 is 4.74 Å². The predicted molar refractivity (Wildman–Crippen MR) is 79.0 cm³/mol. The fourth-order valence-corrected chi connectivity index (χ4v) is 2.92. The Labute approximate surface area is 118 Å². The molecule has 0 spiro atoms. The van der Waals surface area contributed by atoms with E-state index in [4.69, 9.17) is 4.74 Å². The monoisotopic (exact) mass is 266 g/mol. The fraction of sp³-hybridized carbons (Fsp3) is 0.938. The number of ether oxygens (including phenoxy) is 1. The summed E-state index contributed by atoms with van der Waals surface area (Å²) < 4.78 is 5.93. The van der Waals surface area contributed by atoms with Crippen LogP contribution in [0.2, 0.25) is 0 Å². The highest BCUT2D eigenvalue weighted by molar-refractivity contribution is 5.12. The molecule has 0 aromatic heterocycles. The van der Waals surface area contributed by atoms with Crippen LogP contribution in [0.1, 0.15) is 72.1 Å². The Kier molecular flexibility index (Phi) is 7.41. The molecule has 1 saturated carbocycles. The molecular weight excluding hydrogens is 236 g/mol. The molecule has 19 heavy (non-hydrogen) atoms. The number of nitrogens with zero attached hydrogens (tertiary/aromatic N) is 1. The van der Waals surface area contributed by atoms with E-state index >= 15 is 0 Å². The second-order valence-electron chi connectivity index (χ2n) is 6.14. The Morgan fingerprint density at radius 2 is 2.05 bits per heavy atom. The number of nitriles is 1. The second kappa shape index (κ2) is 8.55. The van der Waals surface area contributed by atoms with Crippen molar-refractivity contribution in [2.24, 2.45) is 0 Å². The summed E-state index contributed by atoms with van der Waals surface area (Å²) in [5.41, 5.74) is -0.346. The average molecular weight is 266 g/mol. The third kappa shape index (κ3) is 5.93. The van der Waals surface area contributed by atoms with Gasteiger partial charge >= 0.3 is 0 Å². The molecule has 0 bridgehead atoms. The Hall–Kier alpha value is -0.590. The summed E-state index contributed by atoms with van der Waals surface area (Å²) in [6.45, 7) is 7.29. The summed E-state index contributed by atoms with van der Waals surface area (Å²) in [5.74, 6) is 0. The van der Waals surface area contributed by atoms with Gasteiger partial charge in [-0.2, -0.15) is 5.26 Å². The van der Waals surface area contributed by atoms with Gasteiger partial charge in [0.25, 0.3) is 0 Å². The van der Waals surface area contributed by atoms with Gasteiger partial charge in [-0.3, -0.25) is 5.32 Å². The van der Waals surface area contributed by atoms with Gasteiger partial charge in [0.05, 0.1) is 12.2 Å². The zero-order valence-electron chi connectivity index (χ0n) is 12.9. The van der Waals surface area contributed by atoms with Gasteiger partial charge in [-0.25, -0.2) is 0 Å². The largest absolute Gasteiger partial charge is 0.378 e. The van der Waals surface area contributed by atoms with E-state index in [0.717, 1.165) is 32.3 Å². The lowest BCUT2D eigenvalue weighted by Gasteiger charge is -2.25. The van der Waals surface area contributed by atoms with E-state index in [1.54, 1.807) is 0 Å². The SMILES string of the molecule is CCCCCCCOC1CCC(C#N)(NC(C)C)C1. The van der Waals surface area contributed by atoms with Crippen LogP contribution >= 0.6 is 0 Å². The minimum Gasteiger partial charge on any atom is -0.378 e. The molecule has 1 fully saturated rings. The first-order chi connectivity index (χ1) is 9.12. The Balaban J connectivity index is 2.19. The minimum absolute atomic E-state index is 0.275. The molecule has 110 valence electrons. The molecule has 0 aromatic carbocycles. The van der Waals surface area contributed by atoms with E-state index in [0.29, 0.717) is 6.04 Å². The molecule has 0 aliphatic heterocycles. The van der Waals surface area contributed by atoms with Crippen LogP contribution in [0.25, 0.3) is 0 Å². The van der Waals surface area contributed by atoms with Crippen LogP contribution in [0, 0.1) is 11.3 Å². The third-order valence-electron chi connectivity index (χ3n) is 3.85. The maximum Gasteiger partial charge on any atom is 0.109 e. The normalized spacial score (nSPS) is 26.8. The molecule has 0 saturated heterocycles. The summed E-state index contributed by atoms with van der Waals surface area (Å²) in [7, 11) is 0. The lowest BCUT2D eigenvalue weighted by atomic mass is 9.98. The van der Waals surface area contributed by atoms with Crippen molar-refractivity contribution in [3.05, 3.63) is 0 Å². The van der Waals surface area contributed by atoms with Crippen LogP contribution in [0.5, 0.6) is 0 Å². The molecule has 3 nitrogen and oxygen atoms in total. The molecule has 1 N–H and O–H groups in total. The van der Waals surface area contributed by atoms with Crippen molar-refractivity contribution in [3.63, 3.8) is 0 Å². The summed E-state index contributed by atoms with van der Waals surface area (Å²) >= 11 is 0. The first kappa shape index (κ1) is 16.5. The van der Waals surface area contributed by atoms with E-state index in [2.05, 4.69) is 32.2 Å². The van der Waals surface area contributed by atoms with Gasteiger partial charge in [-0.05, 0) is 33.1 Å². The van der Waals surface area contributed by atoms with Crippen molar-refractivity contribution in [2.45, 2.75) is 89.8 Å². The molecule has 0 amide bonds. The lowest BCUT2D eigenvalue weighted by molar-refractivity contribution is 0.0517. The van der Waals surface area contributed by atoms with Crippen molar-refractivity contribution in [2.75, 3.05) is 6.61 Å². The van der Waals surface area contributed by atoms with Crippen LogP contribution in [-0.2, 0) is 4.74 Å². The van der Waals surface area contributed by atoms with Gasteiger partial charge in [-0.15, -0.1) is 0 Å². The maximum absolute atomic E-state index is 9.38. The van der Waals surface area contributed by atoms with Crippen molar-refractivity contribution in [3.8, 4) is 6.07 Å². The van der Waals surface area contributed by atoms with Gasteiger partial charge in [0.1, 0.15) is 5.54 Å². The van der Waals surface area contributed by atoms with Crippen LogP contribution in [-0.4, -0.2) is 24.3 Å². The quantitative estimate of drug-likeness (QED) is 0.646. The highest BCUT2D eigenvalue weighted by atomic mass is 16.5. The van der Waals surface area contributed by atoms with Crippen LogP contribution < -0.4 is 5.32 Å². The number of nitrogens with one attached hydrogen (secondary N) is 1. The molecular formula is C16H30N2O. The summed E-state index contributed by atoms with van der Waals surface area (Å²) in [5, 5.41) is 12.8. The number of hydrogen-bond donors (Lipinski definition) is 1. The zero-order valence-corrected chi connectivity index (χ0v) is 12.9. The van der Waals surface area contributed by atoms with Crippen LogP contribution in [0.15, 0.2) is 0 Å². The van der Waals surface area contributed by atoms with E-state index in [1.807, 2.05) is 0 Å². The Morgan fingerprint density at radius 1 is 1.32 bits per heavy atom. The van der Waals surface area contributed by atoms with Gasteiger partial charge in [0.15, 0.2) is 0 Å². The molecule has 2 unspecified atom stereocenters. The number of hydrogen-bond acceptors (Lipinski definition) is 3. The molecule has 0 heterocycles. The average Bonchev–Trinajstić information content (AvgIpc) is 2.77.